The second kappa shape index (κ2) is 9.76. The van der Waals surface area contributed by atoms with Crippen molar-refractivity contribution in [2.75, 3.05) is 24.5 Å². The predicted molar refractivity (Wildman–Crippen MR) is 85.9 cm³/mol. The van der Waals surface area contributed by atoms with E-state index in [-0.39, 0.29) is 5.82 Å². The van der Waals surface area contributed by atoms with E-state index < -0.39 is 0 Å². The first-order valence-electron chi connectivity index (χ1n) is 7.95. The van der Waals surface area contributed by atoms with E-state index >= 15 is 0 Å². The van der Waals surface area contributed by atoms with Crippen LogP contribution in [-0.2, 0) is 0 Å². The molecule has 1 aromatic carbocycles. The van der Waals surface area contributed by atoms with Gasteiger partial charge < -0.3 is 10.2 Å². The molecule has 0 saturated carbocycles. The van der Waals surface area contributed by atoms with Gasteiger partial charge in [-0.25, -0.2) is 4.39 Å². The molecule has 0 radical (unpaired) electrons. The summed E-state index contributed by atoms with van der Waals surface area (Å²) in [5, 5.41) is 3.58. The van der Waals surface area contributed by atoms with Crippen molar-refractivity contribution in [1.82, 2.24) is 5.32 Å². The summed E-state index contributed by atoms with van der Waals surface area (Å²) in [7, 11) is 0. The number of benzene rings is 1. The molecule has 1 rings (SSSR count). The maximum absolute atomic E-state index is 13.3. The third kappa shape index (κ3) is 5.91. The van der Waals surface area contributed by atoms with Crippen LogP contribution in [0.4, 0.5) is 10.1 Å². The van der Waals surface area contributed by atoms with E-state index in [2.05, 4.69) is 31.0 Å². The zero-order valence-electron chi connectivity index (χ0n) is 13.2. The monoisotopic (exact) mass is 280 g/mol. The van der Waals surface area contributed by atoms with Crippen molar-refractivity contribution in [2.24, 2.45) is 0 Å². The lowest BCUT2D eigenvalue weighted by molar-refractivity contribution is 0.455. The molecular formula is C17H29FN2. The lowest BCUT2D eigenvalue weighted by Gasteiger charge is -2.24. The summed E-state index contributed by atoms with van der Waals surface area (Å²) in [5.41, 5.74) is 0.988. The number of rotatable bonds is 10. The summed E-state index contributed by atoms with van der Waals surface area (Å²) in [4.78, 5) is 2.25. The van der Waals surface area contributed by atoms with E-state index in [1.54, 1.807) is 12.1 Å². The van der Waals surface area contributed by atoms with Crippen molar-refractivity contribution in [1.29, 1.82) is 0 Å². The zero-order chi connectivity index (χ0) is 14.8. The topological polar surface area (TPSA) is 15.3 Å². The number of hydrogen-bond acceptors (Lipinski definition) is 2. The van der Waals surface area contributed by atoms with Gasteiger partial charge in [0, 0.05) is 24.8 Å². The molecule has 0 aliphatic carbocycles. The Bertz CT molecular complexity index is 368. The van der Waals surface area contributed by atoms with Gasteiger partial charge in [0.25, 0.3) is 0 Å². The van der Waals surface area contributed by atoms with Crippen LogP contribution >= 0.6 is 0 Å². The van der Waals surface area contributed by atoms with Crippen LogP contribution < -0.4 is 10.2 Å². The van der Waals surface area contributed by atoms with Gasteiger partial charge in [-0.05, 0) is 57.4 Å². The lowest BCUT2D eigenvalue weighted by Crippen LogP contribution is -2.31. The molecule has 1 unspecified atom stereocenters. The highest BCUT2D eigenvalue weighted by Crippen LogP contribution is 2.16. The van der Waals surface area contributed by atoms with Crippen molar-refractivity contribution >= 4 is 5.69 Å². The van der Waals surface area contributed by atoms with Crippen LogP contribution in [0.2, 0.25) is 0 Å². The van der Waals surface area contributed by atoms with Gasteiger partial charge in [0.05, 0.1) is 0 Å². The Morgan fingerprint density at radius 2 is 2.05 bits per heavy atom. The predicted octanol–water partition coefficient (Wildman–Crippen LogP) is 4.21. The first kappa shape index (κ1) is 17.0. The summed E-state index contributed by atoms with van der Waals surface area (Å²) in [5.74, 6) is -0.156. The van der Waals surface area contributed by atoms with Crippen molar-refractivity contribution in [3.05, 3.63) is 30.1 Å². The fraction of sp³-hybridized carbons (Fsp3) is 0.647. The summed E-state index contributed by atoms with van der Waals surface area (Å²) in [6.07, 6.45) is 4.68. The minimum Gasteiger partial charge on any atom is -0.372 e. The number of halogens is 1. The fourth-order valence-corrected chi connectivity index (χ4v) is 2.47. The van der Waals surface area contributed by atoms with E-state index in [1.807, 2.05) is 6.07 Å². The normalized spacial score (nSPS) is 12.4. The molecule has 0 bridgehead atoms. The minimum atomic E-state index is -0.156. The molecule has 20 heavy (non-hydrogen) atoms. The van der Waals surface area contributed by atoms with Gasteiger partial charge in [-0.15, -0.1) is 0 Å². The Morgan fingerprint density at radius 1 is 1.25 bits per heavy atom. The Kier molecular flexibility index (Phi) is 8.28. The number of nitrogens with zero attached hydrogens (tertiary/aromatic N) is 1. The molecule has 0 aromatic heterocycles. The van der Waals surface area contributed by atoms with Crippen LogP contribution in [0.15, 0.2) is 24.3 Å². The molecule has 2 nitrogen and oxygen atoms in total. The second-order valence-corrected chi connectivity index (χ2v) is 5.26. The molecule has 0 amide bonds. The smallest absolute Gasteiger partial charge is 0.125 e. The van der Waals surface area contributed by atoms with E-state index in [0.717, 1.165) is 31.7 Å². The Morgan fingerprint density at radius 3 is 2.65 bits per heavy atom. The first-order valence-corrected chi connectivity index (χ1v) is 7.95. The highest BCUT2D eigenvalue weighted by Gasteiger charge is 2.08. The van der Waals surface area contributed by atoms with E-state index in [4.69, 9.17) is 0 Å². The summed E-state index contributed by atoms with van der Waals surface area (Å²) < 4.78 is 13.3. The molecule has 0 spiro atoms. The number of anilines is 1. The molecular weight excluding hydrogens is 251 g/mol. The largest absolute Gasteiger partial charge is 0.372 e. The second-order valence-electron chi connectivity index (χ2n) is 5.26. The van der Waals surface area contributed by atoms with Gasteiger partial charge in [0.1, 0.15) is 5.82 Å². The van der Waals surface area contributed by atoms with Crippen molar-refractivity contribution in [3.8, 4) is 0 Å². The highest BCUT2D eigenvalue weighted by atomic mass is 19.1. The van der Waals surface area contributed by atoms with Gasteiger partial charge in [-0.1, -0.05) is 19.9 Å². The number of hydrogen-bond donors (Lipinski definition) is 1. The maximum atomic E-state index is 13.3. The molecule has 0 saturated heterocycles. The van der Waals surface area contributed by atoms with Gasteiger partial charge in [-0.3, -0.25) is 0 Å². The van der Waals surface area contributed by atoms with Crippen LogP contribution in [0.5, 0.6) is 0 Å². The van der Waals surface area contributed by atoms with Gasteiger partial charge in [0.15, 0.2) is 0 Å². The molecule has 0 aliphatic heterocycles. The maximum Gasteiger partial charge on any atom is 0.125 e. The van der Waals surface area contributed by atoms with Crippen LogP contribution in [-0.4, -0.2) is 25.7 Å². The van der Waals surface area contributed by atoms with Gasteiger partial charge in [0.2, 0.25) is 0 Å². The molecule has 0 fully saturated rings. The molecule has 1 aromatic rings. The standard InChI is InChI=1S/C17H29FN2/c1-4-12-19-16(5-2)10-8-13-20(6-3)17-11-7-9-15(18)14-17/h7,9,11,14,16,19H,4-6,8,10,12-13H2,1-3H3. The van der Waals surface area contributed by atoms with Crippen LogP contribution in [0.1, 0.15) is 46.5 Å². The molecule has 114 valence electrons. The first-order chi connectivity index (χ1) is 9.71. The summed E-state index contributed by atoms with van der Waals surface area (Å²) in [6.45, 7) is 9.56. The van der Waals surface area contributed by atoms with E-state index in [0.29, 0.717) is 6.04 Å². The highest BCUT2D eigenvalue weighted by molar-refractivity contribution is 5.46. The Labute approximate surface area is 123 Å². The van der Waals surface area contributed by atoms with E-state index in [1.165, 1.54) is 25.3 Å². The van der Waals surface area contributed by atoms with Gasteiger partial charge >= 0.3 is 0 Å². The average molecular weight is 280 g/mol. The average Bonchev–Trinajstić information content (AvgIpc) is 2.46. The zero-order valence-corrected chi connectivity index (χ0v) is 13.2. The molecule has 0 heterocycles. The third-order valence-electron chi connectivity index (χ3n) is 3.71. The van der Waals surface area contributed by atoms with Crippen LogP contribution in [0.25, 0.3) is 0 Å². The molecule has 3 heteroatoms. The van der Waals surface area contributed by atoms with E-state index in [9.17, 15) is 4.39 Å². The minimum absolute atomic E-state index is 0.156. The van der Waals surface area contributed by atoms with Crippen molar-refractivity contribution in [3.63, 3.8) is 0 Å². The van der Waals surface area contributed by atoms with Crippen molar-refractivity contribution < 1.29 is 4.39 Å². The third-order valence-corrected chi connectivity index (χ3v) is 3.71. The Balaban J connectivity index is 2.41. The lowest BCUT2D eigenvalue weighted by atomic mass is 10.1. The molecule has 0 aliphatic rings. The quantitative estimate of drug-likeness (QED) is 0.690. The fourth-order valence-electron chi connectivity index (χ4n) is 2.47. The summed E-state index contributed by atoms with van der Waals surface area (Å²) in [6, 6.07) is 7.50. The van der Waals surface area contributed by atoms with Crippen molar-refractivity contribution in [2.45, 2.75) is 52.5 Å². The van der Waals surface area contributed by atoms with Crippen LogP contribution in [0, 0.1) is 5.82 Å². The SMILES string of the molecule is CCCNC(CC)CCCN(CC)c1cccc(F)c1. The van der Waals surface area contributed by atoms with Crippen LogP contribution in [0.3, 0.4) is 0 Å². The molecule has 1 N–H and O–H groups in total. The molecule has 1 atom stereocenters. The van der Waals surface area contributed by atoms with Gasteiger partial charge in [-0.2, -0.15) is 0 Å². The number of nitrogens with one attached hydrogen (secondary N) is 1. The Hall–Kier alpha value is -1.09. The summed E-state index contributed by atoms with van der Waals surface area (Å²) >= 11 is 0.